The zero-order valence-electron chi connectivity index (χ0n) is 11.9. The molecule has 0 radical (unpaired) electrons. The standard InChI is InChI=1S/C15H18F4N2O/c1-2-12(21-9-7-20-8-10-21)11-5-3-4-6-13(11)22-15(18,19)14(16)17/h2-6,12,14,20H,1,7-10H2/t12-/m0/s1. The van der Waals surface area contributed by atoms with Crippen molar-refractivity contribution in [3.63, 3.8) is 0 Å². The number of nitrogens with zero attached hydrogens (tertiary/aromatic N) is 1. The van der Waals surface area contributed by atoms with Crippen molar-refractivity contribution in [2.24, 2.45) is 0 Å². The zero-order chi connectivity index (χ0) is 16.2. The van der Waals surface area contributed by atoms with Crippen LogP contribution in [-0.2, 0) is 0 Å². The van der Waals surface area contributed by atoms with E-state index in [9.17, 15) is 17.6 Å². The van der Waals surface area contributed by atoms with E-state index in [1.807, 2.05) is 4.90 Å². The van der Waals surface area contributed by atoms with E-state index in [1.54, 1.807) is 18.2 Å². The van der Waals surface area contributed by atoms with E-state index >= 15 is 0 Å². The topological polar surface area (TPSA) is 24.5 Å². The van der Waals surface area contributed by atoms with Gasteiger partial charge in [-0.3, -0.25) is 4.90 Å². The number of nitrogens with one attached hydrogen (secondary N) is 1. The van der Waals surface area contributed by atoms with Crippen LogP contribution in [0.3, 0.4) is 0 Å². The molecule has 122 valence electrons. The summed E-state index contributed by atoms with van der Waals surface area (Å²) < 4.78 is 55.4. The smallest absolute Gasteiger partial charge is 0.428 e. The highest BCUT2D eigenvalue weighted by Gasteiger charge is 2.44. The predicted octanol–water partition coefficient (Wildman–Crippen LogP) is 3.06. The van der Waals surface area contributed by atoms with Crippen molar-refractivity contribution in [1.82, 2.24) is 10.2 Å². The van der Waals surface area contributed by atoms with Crippen LogP contribution in [0.2, 0.25) is 0 Å². The minimum absolute atomic E-state index is 0.253. The third kappa shape index (κ3) is 3.78. The Balaban J connectivity index is 2.27. The molecule has 1 aromatic carbocycles. The Morgan fingerprint density at radius 3 is 2.45 bits per heavy atom. The van der Waals surface area contributed by atoms with E-state index < -0.39 is 12.5 Å². The van der Waals surface area contributed by atoms with Gasteiger partial charge in [-0.1, -0.05) is 24.3 Å². The summed E-state index contributed by atoms with van der Waals surface area (Å²) in [4.78, 5) is 2.03. The van der Waals surface area contributed by atoms with Gasteiger partial charge in [0.25, 0.3) is 0 Å². The quantitative estimate of drug-likeness (QED) is 0.644. The Bertz CT molecular complexity index is 504. The Labute approximate surface area is 126 Å². The van der Waals surface area contributed by atoms with Gasteiger partial charge in [0.1, 0.15) is 5.75 Å². The van der Waals surface area contributed by atoms with Crippen LogP contribution in [0, 0.1) is 0 Å². The van der Waals surface area contributed by atoms with E-state index in [4.69, 9.17) is 0 Å². The number of hydrogen-bond acceptors (Lipinski definition) is 3. The first-order valence-electron chi connectivity index (χ1n) is 6.97. The van der Waals surface area contributed by atoms with Crippen molar-refractivity contribution in [2.45, 2.75) is 18.6 Å². The van der Waals surface area contributed by atoms with Gasteiger partial charge in [0.2, 0.25) is 0 Å². The summed E-state index contributed by atoms with van der Waals surface area (Å²) >= 11 is 0. The third-order valence-corrected chi connectivity index (χ3v) is 3.51. The van der Waals surface area contributed by atoms with Crippen LogP contribution >= 0.6 is 0 Å². The van der Waals surface area contributed by atoms with Crippen LogP contribution in [0.15, 0.2) is 36.9 Å². The molecular formula is C15H18F4N2O. The summed E-state index contributed by atoms with van der Waals surface area (Å²) in [6.07, 6.45) is -6.80. The lowest BCUT2D eigenvalue weighted by molar-refractivity contribution is -0.253. The van der Waals surface area contributed by atoms with E-state index in [-0.39, 0.29) is 11.8 Å². The molecule has 0 unspecified atom stereocenters. The van der Waals surface area contributed by atoms with Crippen LogP contribution < -0.4 is 10.1 Å². The number of benzene rings is 1. The van der Waals surface area contributed by atoms with Gasteiger partial charge in [0.05, 0.1) is 6.04 Å². The van der Waals surface area contributed by atoms with Gasteiger partial charge in [-0.05, 0) is 6.07 Å². The second kappa shape index (κ2) is 7.11. The molecule has 0 aliphatic carbocycles. The number of ether oxygens (including phenoxy) is 1. The third-order valence-electron chi connectivity index (χ3n) is 3.51. The summed E-state index contributed by atoms with van der Waals surface area (Å²) in [6.45, 7) is 6.67. The van der Waals surface area contributed by atoms with E-state index in [1.165, 1.54) is 12.1 Å². The average molecular weight is 318 g/mol. The molecule has 0 saturated carbocycles. The summed E-state index contributed by atoms with van der Waals surface area (Å²) in [5, 5.41) is 3.19. The average Bonchev–Trinajstić information content (AvgIpc) is 2.50. The van der Waals surface area contributed by atoms with Crippen LogP contribution in [0.25, 0.3) is 0 Å². The predicted molar refractivity (Wildman–Crippen MR) is 75.4 cm³/mol. The largest absolute Gasteiger partial charge is 0.461 e. The Kier molecular flexibility index (Phi) is 5.42. The lowest BCUT2D eigenvalue weighted by Gasteiger charge is -2.34. The molecule has 7 heteroatoms. The Morgan fingerprint density at radius 2 is 1.86 bits per heavy atom. The summed E-state index contributed by atoms with van der Waals surface area (Å²) in [7, 11) is 0. The highest BCUT2D eigenvalue weighted by molar-refractivity contribution is 5.38. The number of para-hydroxylation sites is 1. The first-order valence-corrected chi connectivity index (χ1v) is 6.97. The molecule has 1 aliphatic rings. The van der Waals surface area contributed by atoms with E-state index in [0.717, 1.165) is 13.1 Å². The second-order valence-electron chi connectivity index (χ2n) is 4.97. The van der Waals surface area contributed by atoms with Crippen LogP contribution in [0.1, 0.15) is 11.6 Å². The van der Waals surface area contributed by atoms with Gasteiger partial charge in [-0.2, -0.15) is 17.6 Å². The molecule has 1 aliphatic heterocycles. The minimum atomic E-state index is -4.52. The molecule has 1 heterocycles. The fourth-order valence-corrected chi connectivity index (χ4v) is 2.44. The molecule has 1 aromatic rings. The van der Waals surface area contributed by atoms with Crippen molar-refractivity contribution in [3.05, 3.63) is 42.5 Å². The lowest BCUT2D eigenvalue weighted by Crippen LogP contribution is -2.44. The van der Waals surface area contributed by atoms with E-state index in [2.05, 4.69) is 16.6 Å². The van der Waals surface area contributed by atoms with Crippen molar-refractivity contribution < 1.29 is 22.3 Å². The van der Waals surface area contributed by atoms with Gasteiger partial charge >= 0.3 is 12.5 Å². The molecule has 2 rings (SSSR count). The number of piperazine rings is 1. The number of halogens is 4. The fraction of sp³-hybridized carbons (Fsp3) is 0.467. The molecule has 1 saturated heterocycles. The molecule has 0 spiro atoms. The minimum Gasteiger partial charge on any atom is -0.428 e. The number of alkyl halides is 4. The lowest BCUT2D eigenvalue weighted by atomic mass is 10.0. The van der Waals surface area contributed by atoms with Crippen molar-refractivity contribution >= 4 is 0 Å². The van der Waals surface area contributed by atoms with Crippen molar-refractivity contribution in [1.29, 1.82) is 0 Å². The second-order valence-corrected chi connectivity index (χ2v) is 4.97. The van der Waals surface area contributed by atoms with Crippen molar-refractivity contribution in [3.8, 4) is 5.75 Å². The molecule has 1 atom stereocenters. The molecule has 1 fully saturated rings. The van der Waals surface area contributed by atoms with Gasteiger partial charge < -0.3 is 10.1 Å². The summed E-state index contributed by atoms with van der Waals surface area (Å²) in [5.41, 5.74) is 0.403. The monoisotopic (exact) mass is 318 g/mol. The normalized spacial score (nSPS) is 18.2. The van der Waals surface area contributed by atoms with Crippen LogP contribution in [0.4, 0.5) is 17.6 Å². The maximum Gasteiger partial charge on any atom is 0.461 e. The first kappa shape index (κ1) is 16.8. The van der Waals surface area contributed by atoms with E-state index in [0.29, 0.717) is 18.7 Å². The summed E-state index contributed by atoms with van der Waals surface area (Å²) in [5.74, 6) is -0.253. The fourth-order valence-electron chi connectivity index (χ4n) is 2.44. The molecule has 0 aromatic heterocycles. The van der Waals surface area contributed by atoms with Crippen LogP contribution in [0.5, 0.6) is 5.75 Å². The Morgan fingerprint density at radius 1 is 1.23 bits per heavy atom. The number of rotatable bonds is 6. The van der Waals surface area contributed by atoms with Gasteiger partial charge in [-0.15, -0.1) is 6.58 Å². The van der Waals surface area contributed by atoms with Gasteiger partial charge in [0.15, 0.2) is 0 Å². The molecule has 22 heavy (non-hydrogen) atoms. The molecule has 0 bridgehead atoms. The summed E-state index contributed by atoms with van der Waals surface area (Å²) in [6, 6.07) is 5.61. The van der Waals surface area contributed by atoms with Gasteiger partial charge in [0, 0.05) is 31.7 Å². The first-order chi connectivity index (χ1) is 10.5. The maximum absolute atomic E-state index is 13.2. The van der Waals surface area contributed by atoms with Gasteiger partial charge in [-0.25, -0.2) is 0 Å². The highest BCUT2D eigenvalue weighted by atomic mass is 19.3. The Hall–Kier alpha value is -1.60. The molecular weight excluding hydrogens is 300 g/mol. The number of hydrogen-bond donors (Lipinski definition) is 1. The SMILES string of the molecule is C=C[C@@H](c1ccccc1OC(F)(F)C(F)F)N1CCNCC1. The highest BCUT2D eigenvalue weighted by Crippen LogP contribution is 2.35. The van der Waals surface area contributed by atoms with Crippen LogP contribution in [-0.4, -0.2) is 43.6 Å². The molecule has 0 amide bonds. The molecule has 3 nitrogen and oxygen atoms in total. The maximum atomic E-state index is 13.2. The zero-order valence-corrected chi connectivity index (χ0v) is 11.9. The van der Waals surface area contributed by atoms with Crippen molar-refractivity contribution in [2.75, 3.05) is 26.2 Å². The molecule has 1 N–H and O–H groups in total.